The summed E-state index contributed by atoms with van der Waals surface area (Å²) in [5.41, 5.74) is 1.09. The Balaban J connectivity index is 2.32. The van der Waals surface area contributed by atoms with E-state index in [-0.39, 0.29) is 12.3 Å². The van der Waals surface area contributed by atoms with E-state index in [1.54, 1.807) is 14.0 Å². The number of methoxy groups -OCH3 is 1. The Morgan fingerprint density at radius 2 is 1.95 bits per heavy atom. The van der Waals surface area contributed by atoms with Crippen molar-refractivity contribution in [2.24, 2.45) is 5.92 Å². The summed E-state index contributed by atoms with van der Waals surface area (Å²) in [6.07, 6.45) is 0.559. The van der Waals surface area contributed by atoms with Gasteiger partial charge in [-0.3, -0.25) is 9.59 Å². The van der Waals surface area contributed by atoms with E-state index in [1.807, 2.05) is 24.3 Å². The zero-order chi connectivity index (χ0) is 14.3. The number of carboxylic acids is 1. The van der Waals surface area contributed by atoms with Crippen LogP contribution in [0.3, 0.4) is 0 Å². The SMILES string of the molecule is COc1ccc(CCNC(=O)C(C)CC(=O)O)cc1. The van der Waals surface area contributed by atoms with Crippen molar-refractivity contribution in [3.63, 3.8) is 0 Å². The Morgan fingerprint density at radius 3 is 2.47 bits per heavy atom. The van der Waals surface area contributed by atoms with Crippen molar-refractivity contribution in [2.45, 2.75) is 19.8 Å². The number of hydrogen-bond donors (Lipinski definition) is 2. The predicted molar refractivity (Wildman–Crippen MR) is 71.1 cm³/mol. The first-order chi connectivity index (χ1) is 9.02. The third-order valence-corrected chi connectivity index (χ3v) is 2.80. The molecular weight excluding hydrogens is 246 g/mol. The molecule has 1 aromatic rings. The maximum absolute atomic E-state index is 11.6. The summed E-state index contributed by atoms with van der Waals surface area (Å²) in [7, 11) is 1.61. The summed E-state index contributed by atoms with van der Waals surface area (Å²) in [4.78, 5) is 22.1. The molecule has 0 saturated carbocycles. The number of carboxylic acid groups (broad SMARTS) is 1. The Bertz CT molecular complexity index is 428. The van der Waals surface area contributed by atoms with Gasteiger partial charge in [0.15, 0.2) is 0 Å². The molecular formula is C14H19NO4. The minimum Gasteiger partial charge on any atom is -0.497 e. The Hall–Kier alpha value is -2.04. The monoisotopic (exact) mass is 265 g/mol. The summed E-state index contributed by atoms with van der Waals surface area (Å²) in [5, 5.41) is 11.3. The van der Waals surface area contributed by atoms with E-state index in [0.29, 0.717) is 13.0 Å². The summed E-state index contributed by atoms with van der Waals surface area (Å²) in [6.45, 7) is 2.10. The third-order valence-electron chi connectivity index (χ3n) is 2.80. The van der Waals surface area contributed by atoms with Crippen molar-refractivity contribution in [3.05, 3.63) is 29.8 Å². The van der Waals surface area contributed by atoms with Crippen LogP contribution in [0.15, 0.2) is 24.3 Å². The van der Waals surface area contributed by atoms with Gasteiger partial charge in [-0.25, -0.2) is 0 Å². The van der Waals surface area contributed by atoms with Crippen molar-refractivity contribution >= 4 is 11.9 Å². The smallest absolute Gasteiger partial charge is 0.304 e. The molecule has 0 aliphatic heterocycles. The Morgan fingerprint density at radius 1 is 1.32 bits per heavy atom. The fraction of sp³-hybridized carbons (Fsp3) is 0.429. The molecule has 1 unspecified atom stereocenters. The molecule has 0 aromatic heterocycles. The fourth-order valence-electron chi connectivity index (χ4n) is 1.65. The maximum atomic E-state index is 11.6. The van der Waals surface area contributed by atoms with Crippen molar-refractivity contribution in [3.8, 4) is 5.75 Å². The van der Waals surface area contributed by atoms with Crippen LogP contribution in [-0.2, 0) is 16.0 Å². The van der Waals surface area contributed by atoms with Crippen molar-refractivity contribution in [1.82, 2.24) is 5.32 Å². The largest absolute Gasteiger partial charge is 0.497 e. The molecule has 1 atom stereocenters. The van der Waals surface area contributed by atoms with Gasteiger partial charge in [0, 0.05) is 12.5 Å². The van der Waals surface area contributed by atoms with Gasteiger partial charge in [-0.05, 0) is 24.1 Å². The summed E-state index contributed by atoms with van der Waals surface area (Å²) in [5.74, 6) is -0.898. The Labute approximate surface area is 112 Å². The van der Waals surface area contributed by atoms with E-state index in [0.717, 1.165) is 11.3 Å². The number of hydrogen-bond acceptors (Lipinski definition) is 3. The highest BCUT2D eigenvalue weighted by Gasteiger charge is 2.15. The zero-order valence-electron chi connectivity index (χ0n) is 11.2. The maximum Gasteiger partial charge on any atom is 0.304 e. The lowest BCUT2D eigenvalue weighted by Crippen LogP contribution is -2.31. The molecule has 0 heterocycles. The minimum atomic E-state index is -0.960. The molecule has 1 amide bonds. The first kappa shape index (κ1) is 15.0. The van der Waals surface area contributed by atoms with Crippen LogP contribution in [0.2, 0.25) is 0 Å². The second-order valence-corrected chi connectivity index (χ2v) is 4.39. The molecule has 0 bridgehead atoms. The highest BCUT2D eigenvalue weighted by Crippen LogP contribution is 2.11. The van der Waals surface area contributed by atoms with Crippen LogP contribution in [-0.4, -0.2) is 30.6 Å². The van der Waals surface area contributed by atoms with Gasteiger partial charge in [0.2, 0.25) is 5.91 Å². The van der Waals surface area contributed by atoms with E-state index >= 15 is 0 Å². The molecule has 5 heteroatoms. The number of amides is 1. The number of benzene rings is 1. The zero-order valence-corrected chi connectivity index (χ0v) is 11.2. The lowest BCUT2D eigenvalue weighted by Gasteiger charge is -2.10. The quantitative estimate of drug-likeness (QED) is 0.782. The van der Waals surface area contributed by atoms with E-state index in [2.05, 4.69) is 5.32 Å². The highest BCUT2D eigenvalue weighted by atomic mass is 16.5. The van der Waals surface area contributed by atoms with E-state index in [4.69, 9.17) is 9.84 Å². The first-order valence-corrected chi connectivity index (χ1v) is 6.15. The molecule has 0 aliphatic carbocycles. The van der Waals surface area contributed by atoms with Gasteiger partial charge in [-0.15, -0.1) is 0 Å². The fourth-order valence-corrected chi connectivity index (χ4v) is 1.65. The van der Waals surface area contributed by atoms with Gasteiger partial charge < -0.3 is 15.2 Å². The summed E-state index contributed by atoms with van der Waals surface area (Å²) >= 11 is 0. The number of carbonyl (C=O) groups is 2. The van der Waals surface area contributed by atoms with Gasteiger partial charge in [-0.1, -0.05) is 19.1 Å². The van der Waals surface area contributed by atoms with Crippen LogP contribution in [0.1, 0.15) is 18.9 Å². The van der Waals surface area contributed by atoms with Crippen LogP contribution in [0.5, 0.6) is 5.75 Å². The minimum absolute atomic E-state index is 0.144. The number of carbonyl (C=O) groups excluding carboxylic acids is 1. The van der Waals surface area contributed by atoms with Gasteiger partial charge in [-0.2, -0.15) is 0 Å². The third kappa shape index (κ3) is 5.42. The average molecular weight is 265 g/mol. The Kier molecular flexibility index (Phi) is 5.85. The molecule has 5 nitrogen and oxygen atoms in total. The molecule has 1 aromatic carbocycles. The van der Waals surface area contributed by atoms with Gasteiger partial charge >= 0.3 is 5.97 Å². The summed E-state index contributed by atoms with van der Waals surface area (Å²) < 4.78 is 5.05. The lowest BCUT2D eigenvalue weighted by atomic mass is 10.1. The van der Waals surface area contributed by atoms with Crippen LogP contribution in [0.25, 0.3) is 0 Å². The van der Waals surface area contributed by atoms with Crippen molar-refractivity contribution in [1.29, 1.82) is 0 Å². The van der Waals surface area contributed by atoms with Crippen LogP contribution in [0, 0.1) is 5.92 Å². The number of nitrogens with one attached hydrogen (secondary N) is 1. The molecule has 0 fully saturated rings. The van der Waals surface area contributed by atoms with Gasteiger partial charge in [0.05, 0.1) is 13.5 Å². The molecule has 0 spiro atoms. The van der Waals surface area contributed by atoms with E-state index in [9.17, 15) is 9.59 Å². The van der Waals surface area contributed by atoms with E-state index < -0.39 is 11.9 Å². The van der Waals surface area contributed by atoms with Crippen LogP contribution < -0.4 is 10.1 Å². The average Bonchev–Trinajstić information content (AvgIpc) is 2.38. The number of rotatable bonds is 7. The van der Waals surface area contributed by atoms with Crippen molar-refractivity contribution in [2.75, 3.05) is 13.7 Å². The van der Waals surface area contributed by atoms with Gasteiger partial charge in [0.1, 0.15) is 5.75 Å². The molecule has 19 heavy (non-hydrogen) atoms. The molecule has 1 rings (SSSR count). The predicted octanol–water partition coefficient (Wildman–Crippen LogP) is 1.46. The second kappa shape index (κ2) is 7.41. The van der Waals surface area contributed by atoms with Gasteiger partial charge in [0.25, 0.3) is 0 Å². The van der Waals surface area contributed by atoms with Crippen LogP contribution >= 0.6 is 0 Å². The molecule has 0 radical (unpaired) electrons. The van der Waals surface area contributed by atoms with Crippen LogP contribution in [0.4, 0.5) is 0 Å². The molecule has 2 N–H and O–H groups in total. The normalized spacial score (nSPS) is 11.7. The number of ether oxygens (including phenoxy) is 1. The molecule has 104 valence electrons. The van der Waals surface area contributed by atoms with E-state index in [1.165, 1.54) is 0 Å². The lowest BCUT2D eigenvalue weighted by molar-refractivity contribution is -0.140. The highest BCUT2D eigenvalue weighted by molar-refractivity contribution is 5.82. The topological polar surface area (TPSA) is 75.6 Å². The second-order valence-electron chi connectivity index (χ2n) is 4.39. The van der Waals surface area contributed by atoms with Crippen molar-refractivity contribution < 1.29 is 19.4 Å². The number of aliphatic carboxylic acids is 1. The standard InChI is InChI=1S/C14H19NO4/c1-10(9-13(16)17)14(18)15-8-7-11-3-5-12(19-2)6-4-11/h3-6,10H,7-9H2,1-2H3,(H,15,18)(H,16,17). The molecule has 0 aliphatic rings. The summed E-state index contributed by atoms with van der Waals surface area (Å²) in [6, 6.07) is 7.60. The molecule has 0 saturated heterocycles. The first-order valence-electron chi connectivity index (χ1n) is 6.15.